The van der Waals surface area contributed by atoms with Gasteiger partial charge in [0.25, 0.3) is 10.1 Å². The van der Waals surface area contributed by atoms with E-state index in [0.29, 0.717) is 6.54 Å². The van der Waals surface area contributed by atoms with E-state index in [4.69, 9.17) is 4.55 Å². The van der Waals surface area contributed by atoms with Crippen LogP contribution in [0.4, 0.5) is 0 Å². The first-order valence-electron chi connectivity index (χ1n) is 8.17. The fourth-order valence-electron chi connectivity index (χ4n) is 2.33. The topological polar surface area (TPSA) is 77.8 Å². The zero-order chi connectivity index (χ0) is 16.1. The predicted octanol–water partition coefficient (Wildman–Crippen LogP) is 2.32. The zero-order valence-electron chi connectivity index (χ0n) is 14.6. The summed E-state index contributed by atoms with van der Waals surface area (Å²) in [5.41, 5.74) is 0. The Hall–Kier alpha value is 0.830. The van der Waals surface area contributed by atoms with Gasteiger partial charge in [0.05, 0.1) is 11.9 Å². The summed E-state index contributed by atoms with van der Waals surface area (Å²) in [5, 5.41) is 9.87. The fraction of sp³-hybridized carbons (Fsp3) is 1.00. The minimum Gasteiger partial charge on any atom is -0.392 e. The minimum absolute atomic E-state index is 0. The third-order valence-corrected chi connectivity index (χ3v) is 4.34. The molecule has 0 fully saturated rings. The van der Waals surface area contributed by atoms with E-state index >= 15 is 0 Å². The normalized spacial score (nSPS) is 13.1. The van der Waals surface area contributed by atoms with Crippen LogP contribution in [-0.2, 0) is 10.1 Å². The van der Waals surface area contributed by atoms with E-state index in [2.05, 4.69) is 6.92 Å². The summed E-state index contributed by atoms with van der Waals surface area (Å²) < 4.78 is 29.9. The predicted molar refractivity (Wildman–Crippen MR) is 92.9 cm³/mol. The van der Waals surface area contributed by atoms with Crippen LogP contribution in [0, 0.1) is 0 Å². The molecular formula is C15H33NNaO4S. The van der Waals surface area contributed by atoms with Crippen molar-refractivity contribution in [3.05, 3.63) is 0 Å². The molecule has 0 aliphatic carbocycles. The fourth-order valence-corrected chi connectivity index (χ4v) is 2.87. The summed E-state index contributed by atoms with van der Waals surface area (Å²) in [7, 11) is -2.16. The maximum atomic E-state index is 10.6. The van der Waals surface area contributed by atoms with Gasteiger partial charge < -0.3 is 10.0 Å². The van der Waals surface area contributed by atoms with Crippen LogP contribution in [0.2, 0.25) is 0 Å². The van der Waals surface area contributed by atoms with Gasteiger partial charge in [0, 0.05) is 42.6 Å². The molecule has 0 amide bonds. The number of hydrogen-bond acceptors (Lipinski definition) is 4. The van der Waals surface area contributed by atoms with Gasteiger partial charge in [-0.05, 0) is 13.5 Å². The third kappa shape index (κ3) is 18.9. The van der Waals surface area contributed by atoms with Crippen molar-refractivity contribution in [2.45, 2.75) is 70.8 Å². The largest absolute Gasteiger partial charge is 0.392 e. The van der Waals surface area contributed by atoms with E-state index in [1.54, 1.807) is 11.9 Å². The molecule has 0 aromatic rings. The first kappa shape index (κ1) is 25.1. The van der Waals surface area contributed by atoms with E-state index in [-0.39, 0.29) is 41.9 Å². The van der Waals surface area contributed by atoms with Gasteiger partial charge in [0.15, 0.2) is 0 Å². The van der Waals surface area contributed by atoms with Gasteiger partial charge in [-0.25, -0.2) is 0 Å². The van der Waals surface area contributed by atoms with Gasteiger partial charge in [-0.2, -0.15) is 8.42 Å². The van der Waals surface area contributed by atoms with E-state index in [1.807, 2.05) is 0 Å². The number of aliphatic hydroxyl groups excluding tert-OH is 1. The molecule has 0 aliphatic heterocycles. The number of hydrogen-bond donors (Lipinski definition) is 2. The summed E-state index contributed by atoms with van der Waals surface area (Å²) in [4.78, 5) is 1.74. The molecule has 1 radical (unpaired) electrons. The molecule has 0 aliphatic rings. The molecule has 0 rings (SSSR count). The first-order chi connectivity index (χ1) is 9.85. The van der Waals surface area contributed by atoms with E-state index in [9.17, 15) is 13.5 Å². The molecule has 0 aromatic heterocycles. The summed E-state index contributed by atoms with van der Waals surface area (Å²) in [6.07, 6.45) is 10.3. The Morgan fingerprint density at radius 1 is 1.00 bits per heavy atom. The Morgan fingerprint density at radius 2 is 1.50 bits per heavy atom. The Morgan fingerprint density at radius 3 is 2.00 bits per heavy atom. The van der Waals surface area contributed by atoms with Crippen LogP contribution in [0.25, 0.3) is 0 Å². The van der Waals surface area contributed by atoms with Gasteiger partial charge in [0.2, 0.25) is 0 Å². The van der Waals surface area contributed by atoms with E-state index in [0.717, 1.165) is 19.3 Å². The summed E-state index contributed by atoms with van der Waals surface area (Å²) >= 11 is 0. The standard InChI is InChI=1S/C15H33NO4S.Na/c1-3-4-5-6-7-8-9-10-11-15(17)14-16(2)12-13-21(18,19)20;/h15,17H,3-14H2,1-2H3,(H,18,19,20);. The number of likely N-dealkylation sites (N-methyl/N-ethyl adjacent to an activating group) is 1. The maximum Gasteiger partial charge on any atom is 0.266 e. The smallest absolute Gasteiger partial charge is 0.266 e. The summed E-state index contributed by atoms with van der Waals surface area (Å²) in [5.74, 6) is -0.284. The van der Waals surface area contributed by atoms with Crippen LogP contribution >= 0.6 is 0 Å². The van der Waals surface area contributed by atoms with Crippen molar-refractivity contribution in [2.24, 2.45) is 0 Å². The van der Waals surface area contributed by atoms with Crippen LogP contribution in [0.1, 0.15) is 64.7 Å². The van der Waals surface area contributed by atoms with Crippen LogP contribution in [0.15, 0.2) is 0 Å². The van der Waals surface area contributed by atoms with Crippen LogP contribution in [-0.4, -0.2) is 84.5 Å². The van der Waals surface area contributed by atoms with Gasteiger partial charge in [-0.1, -0.05) is 58.3 Å². The Labute approximate surface area is 158 Å². The zero-order valence-corrected chi connectivity index (χ0v) is 17.4. The second-order valence-electron chi connectivity index (χ2n) is 5.97. The van der Waals surface area contributed by atoms with Gasteiger partial charge >= 0.3 is 0 Å². The Balaban J connectivity index is 0. The Kier molecular flexibility index (Phi) is 17.5. The van der Waals surface area contributed by atoms with E-state index in [1.165, 1.54) is 38.5 Å². The minimum atomic E-state index is -3.91. The molecule has 2 N–H and O–H groups in total. The molecule has 0 saturated carbocycles. The molecule has 22 heavy (non-hydrogen) atoms. The summed E-state index contributed by atoms with van der Waals surface area (Å²) in [6.45, 7) is 2.91. The SMILES string of the molecule is CCCCCCCCCCC(O)CN(C)CCS(=O)(=O)O.[Na]. The van der Waals surface area contributed by atoms with Crippen molar-refractivity contribution in [3.8, 4) is 0 Å². The summed E-state index contributed by atoms with van der Waals surface area (Å²) in [6, 6.07) is 0. The second-order valence-corrected chi connectivity index (χ2v) is 7.54. The van der Waals surface area contributed by atoms with Crippen molar-refractivity contribution in [2.75, 3.05) is 25.9 Å². The molecule has 129 valence electrons. The van der Waals surface area contributed by atoms with Crippen molar-refractivity contribution < 1.29 is 18.1 Å². The maximum absolute atomic E-state index is 10.6. The van der Waals surface area contributed by atoms with E-state index < -0.39 is 16.2 Å². The van der Waals surface area contributed by atoms with Gasteiger partial charge in [-0.3, -0.25) is 4.55 Å². The molecule has 0 heterocycles. The van der Waals surface area contributed by atoms with Gasteiger partial charge in [-0.15, -0.1) is 0 Å². The Bertz CT molecular complexity index is 338. The number of aliphatic hydroxyl groups is 1. The molecule has 0 spiro atoms. The quantitative estimate of drug-likeness (QED) is 0.287. The monoisotopic (exact) mass is 346 g/mol. The number of rotatable bonds is 14. The van der Waals surface area contributed by atoms with Crippen molar-refractivity contribution >= 4 is 39.7 Å². The molecular weight excluding hydrogens is 313 g/mol. The average molecular weight is 346 g/mol. The average Bonchev–Trinajstić information content (AvgIpc) is 2.39. The van der Waals surface area contributed by atoms with Crippen LogP contribution in [0.5, 0.6) is 0 Å². The van der Waals surface area contributed by atoms with Crippen molar-refractivity contribution in [1.29, 1.82) is 0 Å². The van der Waals surface area contributed by atoms with Crippen molar-refractivity contribution in [3.63, 3.8) is 0 Å². The molecule has 5 nitrogen and oxygen atoms in total. The number of nitrogens with zero attached hydrogens (tertiary/aromatic N) is 1. The van der Waals surface area contributed by atoms with Crippen molar-refractivity contribution in [1.82, 2.24) is 4.90 Å². The van der Waals surface area contributed by atoms with Crippen LogP contribution < -0.4 is 0 Å². The second kappa shape index (κ2) is 15.4. The molecule has 0 aromatic carbocycles. The van der Waals surface area contributed by atoms with Crippen LogP contribution in [0.3, 0.4) is 0 Å². The number of unbranched alkanes of at least 4 members (excludes halogenated alkanes) is 7. The molecule has 1 atom stereocenters. The molecule has 7 heteroatoms. The molecule has 0 saturated heterocycles. The molecule has 1 unspecified atom stereocenters. The van der Waals surface area contributed by atoms with Gasteiger partial charge in [0.1, 0.15) is 0 Å². The molecule has 0 bridgehead atoms. The third-order valence-electron chi connectivity index (χ3n) is 3.64. The first-order valence-corrected chi connectivity index (χ1v) is 9.78.